The molecule has 0 aromatic heterocycles. The average Bonchev–Trinajstić information content (AvgIpc) is 2.77. The van der Waals surface area contributed by atoms with Gasteiger partial charge in [0, 0.05) is 24.5 Å². The maximum Gasteiger partial charge on any atom is 0.319 e. The van der Waals surface area contributed by atoms with Crippen molar-refractivity contribution in [3.63, 3.8) is 0 Å². The van der Waals surface area contributed by atoms with Crippen molar-refractivity contribution in [1.29, 1.82) is 0 Å². The van der Waals surface area contributed by atoms with Crippen LogP contribution in [0.3, 0.4) is 0 Å². The number of amides is 4. The number of hydrogen-bond acceptors (Lipinski definition) is 2. The molecule has 0 spiro atoms. The summed E-state index contributed by atoms with van der Waals surface area (Å²) < 4.78 is 0. The normalized spacial score (nSPS) is 10.1. The lowest BCUT2D eigenvalue weighted by Crippen LogP contribution is -2.31. The molecule has 0 aliphatic heterocycles. The van der Waals surface area contributed by atoms with Gasteiger partial charge in [0.15, 0.2) is 0 Å². The highest BCUT2D eigenvalue weighted by Crippen LogP contribution is 2.13. The summed E-state index contributed by atoms with van der Waals surface area (Å²) in [7, 11) is 0. The zero-order valence-corrected chi connectivity index (χ0v) is 16.7. The number of benzene rings is 3. The minimum atomic E-state index is -0.259. The quantitative estimate of drug-likeness (QED) is 0.450. The summed E-state index contributed by atoms with van der Waals surface area (Å²) in [5.41, 5.74) is 3.66. The number of anilines is 2. The van der Waals surface area contributed by atoms with Crippen molar-refractivity contribution in [2.45, 2.75) is 12.8 Å². The third-order valence-corrected chi connectivity index (χ3v) is 4.48. The predicted molar refractivity (Wildman–Crippen MR) is 121 cm³/mol. The van der Waals surface area contributed by atoms with Gasteiger partial charge in [0.25, 0.3) is 0 Å². The van der Waals surface area contributed by atoms with Gasteiger partial charge >= 0.3 is 12.1 Å². The summed E-state index contributed by atoms with van der Waals surface area (Å²) in [6, 6.07) is 26.5. The van der Waals surface area contributed by atoms with Gasteiger partial charge in [-0.1, -0.05) is 60.7 Å². The summed E-state index contributed by atoms with van der Waals surface area (Å²) in [5.74, 6) is 0. The first-order chi connectivity index (χ1) is 14.7. The summed E-state index contributed by atoms with van der Waals surface area (Å²) in [4.78, 5) is 24.0. The van der Waals surface area contributed by atoms with Crippen LogP contribution in [0.5, 0.6) is 0 Å². The molecule has 6 heteroatoms. The van der Waals surface area contributed by atoms with Crippen LogP contribution in [0.4, 0.5) is 21.0 Å². The first kappa shape index (κ1) is 20.9. The molecule has 0 unspecified atom stereocenters. The standard InChI is InChI=1S/C24H26N4O2/c29-23(25-17-15-19-7-3-1-4-8-19)27-21-11-13-22(14-12-21)28-24(30)26-18-16-20-9-5-2-6-10-20/h1-14H,15-18H2,(H2,25,27,29)(H2,26,28,30). The van der Waals surface area contributed by atoms with Gasteiger partial charge in [0.2, 0.25) is 0 Å². The van der Waals surface area contributed by atoms with E-state index in [0.29, 0.717) is 24.5 Å². The van der Waals surface area contributed by atoms with Crippen LogP contribution in [0.15, 0.2) is 84.9 Å². The molecule has 0 saturated carbocycles. The summed E-state index contributed by atoms with van der Waals surface area (Å²) in [6.45, 7) is 1.11. The van der Waals surface area contributed by atoms with Gasteiger partial charge in [-0.05, 0) is 48.2 Å². The number of carbonyl (C=O) groups excluding carboxylic acids is 2. The SMILES string of the molecule is O=C(NCCc1ccccc1)Nc1ccc(NC(=O)NCCc2ccccc2)cc1. The van der Waals surface area contributed by atoms with E-state index in [-0.39, 0.29) is 12.1 Å². The second-order valence-corrected chi connectivity index (χ2v) is 6.81. The fraction of sp³-hybridized carbons (Fsp3) is 0.167. The number of hydrogen-bond donors (Lipinski definition) is 4. The van der Waals surface area contributed by atoms with E-state index in [2.05, 4.69) is 21.3 Å². The Morgan fingerprint density at radius 2 is 0.900 bits per heavy atom. The Morgan fingerprint density at radius 3 is 1.27 bits per heavy atom. The Morgan fingerprint density at radius 1 is 0.533 bits per heavy atom. The molecule has 30 heavy (non-hydrogen) atoms. The molecular formula is C24H26N4O2. The average molecular weight is 402 g/mol. The van der Waals surface area contributed by atoms with Crippen LogP contribution >= 0.6 is 0 Å². The van der Waals surface area contributed by atoms with E-state index in [1.807, 2.05) is 60.7 Å². The number of carbonyl (C=O) groups is 2. The largest absolute Gasteiger partial charge is 0.338 e. The van der Waals surface area contributed by atoms with Crippen LogP contribution in [-0.2, 0) is 12.8 Å². The molecule has 0 bridgehead atoms. The van der Waals surface area contributed by atoms with Gasteiger partial charge in [-0.2, -0.15) is 0 Å². The van der Waals surface area contributed by atoms with Crippen LogP contribution in [0.1, 0.15) is 11.1 Å². The Labute approximate surface area is 176 Å². The molecule has 0 aliphatic carbocycles. The smallest absolute Gasteiger partial charge is 0.319 e. The molecule has 0 fully saturated rings. The Kier molecular flexibility index (Phi) is 7.85. The van der Waals surface area contributed by atoms with Gasteiger partial charge in [0.1, 0.15) is 0 Å². The lowest BCUT2D eigenvalue weighted by molar-refractivity contribution is 0.251. The Balaban J connectivity index is 1.35. The number of rotatable bonds is 8. The molecule has 154 valence electrons. The zero-order chi connectivity index (χ0) is 21.0. The molecule has 0 aliphatic rings. The van der Waals surface area contributed by atoms with Gasteiger partial charge in [-0.3, -0.25) is 0 Å². The van der Waals surface area contributed by atoms with Crippen molar-refractivity contribution in [3.8, 4) is 0 Å². The van der Waals surface area contributed by atoms with Crippen LogP contribution in [0.25, 0.3) is 0 Å². The zero-order valence-electron chi connectivity index (χ0n) is 16.7. The van der Waals surface area contributed by atoms with Crippen molar-refractivity contribution in [2.24, 2.45) is 0 Å². The minimum absolute atomic E-state index is 0.259. The van der Waals surface area contributed by atoms with E-state index >= 15 is 0 Å². The summed E-state index contributed by atoms with van der Waals surface area (Å²) in [5, 5.41) is 11.2. The second-order valence-electron chi connectivity index (χ2n) is 6.81. The molecule has 0 radical (unpaired) electrons. The topological polar surface area (TPSA) is 82.3 Å². The third-order valence-electron chi connectivity index (χ3n) is 4.48. The number of nitrogens with one attached hydrogen (secondary N) is 4. The van der Waals surface area contributed by atoms with E-state index in [1.54, 1.807) is 24.3 Å². The van der Waals surface area contributed by atoms with E-state index in [9.17, 15) is 9.59 Å². The molecule has 3 rings (SSSR count). The highest BCUT2D eigenvalue weighted by molar-refractivity contribution is 5.91. The van der Waals surface area contributed by atoms with Crippen molar-refractivity contribution in [2.75, 3.05) is 23.7 Å². The fourth-order valence-corrected chi connectivity index (χ4v) is 2.92. The lowest BCUT2D eigenvalue weighted by atomic mass is 10.1. The van der Waals surface area contributed by atoms with Crippen molar-refractivity contribution in [1.82, 2.24) is 10.6 Å². The maximum absolute atomic E-state index is 12.0. The first-order valence-electron chi connectivity index (χ1n) is 9.97. The monoisotopic (exact) mass is 402 g/mol. The highest BCUT2D eigenvalue weighted by Gasteiger charge is 2.04. The van der Waals surface area contributed by atoms with Crippen molar-refractivity contribution >= 4 is 23.4 Å². The van der Waals surface area contributed by atoms with Gasteiger partial charge in [-0.15, -0.1) is 0 Å². The minimum Gasteiger partial charge on any atom is -0.338 e. The van der Waals surface area contributed by atoms with Crippen LogP contribution in [0.2, 0.25) is 0 Å². The van der Waals surface area contributed by atoms with Crippen LogP contribution in [-0.4, -0.2) is 25.2 Å². The van der Waals surface area contributed by atoms with E-state index < -0.39 is 0 Å². The van der Waals surface area contributed by atoms with E-state index in [0.717, 1.165) is 12.8 Å². The fourth-order valence-electron chi connectivity index (χ4n) is 2.92. The third kappa shape index (κ3) is 7.31. The predicted octanol–water partition coefficient (Wildman–Crippen LogP) is 4.42. The summed E-state index contributed by atoms with van der Waals surface area (Å²) >= 11 is 0. The maximum atomic E-state index is 12.0. The first-order valence-corrected chi connectivity index (χ1v) is 9.97. The molecule has 3 aromatic carbocycles. The molecule has 0 heterocycles. The number of urea groups is 2. The summed E-state index contributed by atoms with van der Waals surface area (Å²) in [6.07, 6.45) is 1.55. The molecule has 4 amide bonds. The lowest BCUT2D eigenvalue weighted by Gasteiger charge is -2.10. The molecule has 6 nitrogen and oxygen atoms in total. The molecule has 0 saturated heterocycles. The second kappa shape index (κ2) is 11.3. The Hall–Kier alpha value is -3.80. The molecule has 4 N–H and O–H groups in total. The van der Waals surface area contributed by atoms with E-state index in [4.69, 9.17) is 0 Å². The molecular weight excluding hydrogens is 376 g/mol. The van der Waals surface area contributed by atoms with Crippen LogP contribution < -0.4 is 21.3 Å². The Bertz CT molecular complexity index is 850. The molecule has 3 aromatic rings. The van der Waals surface area contributed by atoms with Crippen LogP contribution in [0, 0.1) is 0 Å². The van der Waals surface area contributed by atoms with E-state index in [1.165, 1.54) is 11.1 Å². The van der Waals surface area contributed by atoms with Crippen molar-refractivity contribution in [3.05, 3.63) is 96.1 Å². The van der Waals surface area contributed by atoms with Gasteiger partial charge < -0.3 is 21.3 Å². The highest BCUT2D eigenvalue weighted by atomic mass is 16.2. The van der Waals surface area contributed by atoms with Gasteiger partial charge in [0.05, 0.1) is 0 Å². The molecule has 0 atom stereocenters. The van der Waals surface area contributed by atoms with Crippen molar-refractivity contribution < 1.29 is 9.59 Å². The van der Waals surface area contributed by atoms with Gasteiger partial charge in [-0.25, -0.2) is 9.59 Å².